The van der Waals surface area contributed by atoms with Gasteiger partial charge in [-0.3, -0.25) is 0 Å². The summed E-state index contributed by atoms with van der Waals surface area (Å²) in [6, 6.07) is 67.2. The molecule has 10 aromatic rings. The lowest BCUT2D eigenvalue weighted by molar-refractivity contribution is 1.15. The van der Waals surface area contributed by atoms with Gasteiger partial charge in [0.2, 0.25) is 0 Å². The van der Waals surface area contributed by atoms with Gasteiger partial charge in [0.05, 0.1) is 33.5 Å². The van der Waals surface area contributed by atoms with Crippen LogP contribution >= 0.6 is 0 Å². The summed E-state index contributed by atoms with van der Waals surface area (Å²) in [6.07, 6.45) is 0. The summed E-state index contributed by atoms with van der Waals surface area (Å²) in [6.45, 7) is 0. The molecule has 0 aliphatic heterocycles. The fourth-order valence-electron chi connectivity index (χ4n) is 7.63. The Balaban J connectivity index is 1.21. The van der Waals surface area contributed by atoms with Crippen molar-refractivity contribution in [2.75, 3.05) is 0 Å². The second-order valence-corrected chi connectivity index (χ2v) is 12.8. The van der Waals surface area contributed by atoms with Crippen molar-refractivity contribution in [3.8, 4) is 45.0 Å². The molecule has 0 spiro atoms. The van der Waals surface area contributed by atoms with Crippen molar-refractivity contribution in [1.29, 1.82) is 0 Å². The second-order valence-electron chi connectivity index (χ2n) is 12.8. The van der Waals surface area contributed by atoms with Crippen molar-refractivity contribution in [3.63, 3.8) is 0 Å². The van der Waals surface area contributed by atoms with Crippen molar-refractivity contribution in [1.82, 2.24) is 14.1 Å². The van der Waals surface area contributed by atoms with Gasteiger partial charge in [-0.05, 0) is 59.7 Å². The normalized spacial score (nSPS) is 11.6. The smallest absolute Gasteiger partial charge is 0.0788 e. The van der Waals surface area contributed by atoms with E-state index in [1.54, 1.807) is 0 Å². The average molecular weight is 638 g/mol. The van der Waals surface area contributed by atoms with Gasteiger partial charge in [-0.2, -0.15) is 0 Å². The van der Waals surface area contributed by atoms with Gasteiger partial charge in [0.15, 0.2) is 0 Å². The first kappa shape index (κ1) is 28.3. The number of hydrogen-bond acceptors (Lipinski definition) is 1. The highest BCUT2D eigenvalue weighted by molar-refractivity contribution is 6.23. The molecule has 0 amide bonds. The lowest BCUT2D eigenvalue weighted by atomic mass is 10.00. The summed E-state index contributed by atoms with van der Waals surface area (Å²) in [5.41, 5.74) is 13.5. The Morgan fingerprint density at radius 1 is 0.300 bits per heavy atom. The molecule has 0 N–H and O–H groups in total. The molecule has 3 aromatic heterocycles. The summed E-state index contributed by atoms with van der Waals surface area (Å²) in [5.74, 6) is 0. The molecular weight excluding hydrogens is 607 g/mol. The topological polar surface area (TPSA) is 22.8 Å². The molecule has 3 heteroatoms. The Morgan fingerprint density at radius 3 is 1.26 bits per heavy atom. The minimum Gasteiger partial charge on any atom is -0.307 e. The second kappa shape index (κ2) is 11.5. The van der Waals surface area contributed by atoms with Gasteiger partial charge in [-0.15, -0.1) is 0 Å². The summed E-state index contributed by atoms with van der Waals surface area (Å²) < 4.78 is 4.87. The van der Waals surface area contributed by atoms with Gasteiger partial charge in [0.1, 0.15) is 0 Å². The van der Waals surface area contributed by atoms with Crippen LogP contribution in [0.15, 0.2) is 188 Å². The van der Waals surface area contributed by atoms with Gasteiger partial charge in [-0.25, -0.2) is 4.98 Å². The van der Waals surface area contributed by atoms with Gasteiger partial charge in [-0.1, -0.05) is 140 Å². The highest BCUT2D eigenvalue weighted by atomic mass is 15.0. The van der Waals surface area contributed by atoms with Crippen LogP contribution in [0.3, 0.4) is 0 Å². The van der Waals surface area contributed by atoms with Crippen molar-refractivity contribution >= 4 is 43.6 Å². The fraction of sp³-hybridized carbons (Fsp3) is 0. The molecule has 0 fully saturated rings. The predicted octanol–water partition coefficient (Wildman–Crippen LogP) is 12.3. The van der Waals surface area contributed by atoms with Gasteiger partial charge >= 0.3 is 0 Å². The summed E-state index contributed by atoms with van der Waals surface area (Å²) in [7, 11) is 0. The van der Waals surface area contributed by atoms with Crippen LogP contribution in [0.2, 0.25) is 0 Å². The third-order valence-corrected chi connectivity index (χ3v) is 9.91. The van der Waals surface area contributed by atoms with Crippen LogP contribution in [-0.4, -0.2) is 14.1 Å². The van der Waals surface area contributed by atoms with E-state index in [-0.39, 0.29) is 0 Å². The first-order valence-electron chi connectivity index (χ1n) is 17.1. The van der Waals surface area contributed by atoms with Crippen molar-refractivity contribution in [2.45, 2.75) is 0 Å². The van der Waals surface area contributed by atoms with E-state index in [4.69, 9.17) is 4.98 Å². The van der Waals surface area contributed by atoms with Crippen LogP contribution in [0, 0.1) is 0 Å². The molecule has 0 saturated carbocycles. The molecule has 7 aromatic carbocycles. The lowest BCUT2D eigenvalue weighted by Gasteiger charge is -2.14. The number of rotatable bonds is 5. The van der Waals surface area contributed by atoms with E-state index in [1.807, 2.05) is 6.07 Å². The molecule has 0 saturated heterocycles. The zero-order valence-electron chi connectivity index (χ0n) is 27.2. The third kappa shape index (κ3) is 4.48. The highest BCUT2D eigenvalue weighted by Gasteiger charge is 2.21. The van der Waals surface area contributed by atoms with E-state index in [0.717, 1.165) is 39.5 Å². The van der Waals surface area contributed by atoms with Gasteiger partial charge in [0.25, 0.3) is 0 Å². The molecule has 3 heterocycles. The molecule has 0 aliphatic rings. The van der Waals surface area contributed by atoms with E-state index >= 15 is 0 Å². The number of hydrogen-bond donors (Lipinski definition) is 0. The molecule has 234 valence electrons. The largest absolute Gasteiger partial charge is 0.307 e. The number of nitrogens with zero attached hydrogens (tertiary/aromatic N) is 3. The summed E-state index contributed by atoms with van der Waals surface area (Å²) in [4.78, 5) is 5.19. The minimum absolute atomic E-state index is 0.950. The summed E-state index contributed by atoms with van der Waals surface area (Å²) in [5, 5.41) is 4.97. The Kier molecular flexibility index (Phi) is 6.49. The SMILES string of the molecule is c1ccc(-c2cc(-c3ccccc3)nc(-c3ccc(-n4c5ccccc5c5ccc6c7ccccc7n(-c7ccccc7)c6c54)cc3)c2)cc1. The zero-order valence-corrected chi connectivity index (χ0v) is 27.2. The molecule has 0 aliphatic carbocycles. The van der Waals surface area contributed by atoms with Crippen LogP contribution < -0.4 is 0 Å². The summed E-state index contributed by atoms with van der Waals surface area (Å²) >= 11 is 0. The molecule has 0 bridgehead atoms. The quantitative estimate of drug-likeness (QED) is 0.184. The zero-order chi connectivity index (χ0) is 33.0. The van der Waals surface area contributed by atoms with E-state index < -0.39 is 0 Å². The Hall–Kier alpha value is -6.71. The van der Waals surface area contributed by atoms with E-state index in [2.05, 4.69) is 191 Å². The van der Waals surface area contributed by atoms with Crippen LogP contribution in [0.25, 0.3) is 88.6 Å². The van der Waals surface area contributed by atoms with Crippen LogP contribution in [-0.2, 0) is 0 Å². The average Bonchev–Trinajstić information content (AvgIpc) is 3.72. The van der Waals surface area contributed by atoms with Crippen LogP contribution in [0.1, 0.15) is 0 Å². The molecule has 3 nitrogen and oxygen atoms in total. The van der Waals surface area contributed by atoms with Crippen LogP contribution in [0.5, 0.6) is 0 Å². The number of pyridine rings is 1. The molecule has 0 unspecified atom stereocenters. The molecule has 10 rings (SSSR count). The maximum atomic E-state index is 5.19. The van der Waals surface area contributed by atoms with Gasteiger partial charge < -0.3 is 9.13 Å². The monoisotopic (exact) mass is 637 g/mol. The standard InChI is InChI=1S/C47H31N3/c1-4-14-32(15-5-1)35-30-42(33-16-6-2-7-17-33)48-43(31-35)34-24-26-37(27-25-34)50-45-23-13-11-21-39(45)41-29-28-40-38-20-10-12-22-44(38)49(46(40)47(41)50)36-18-8-3-9-19-36/h1-31H. The number of aromatic nitrogens is 3. The van der Waals surface area contributed by atoms with Crippen molar-refractivity contribution in [2.24, 2.45) is 0 Å². The first-order valence-corrected chi connectivity index (χ1v) is 17.1. The number of benzene rings is 7. The maximum absolute atomic E-state index is 5.19. The van der Waals surface area contributed by atoms with Crippen LogP contribution in [0.4, 0.5) is 0 Å². The Labute approximate surface area is 290 Å². The Bertz CT molecular complexity index is 2770. The van der Waals surface area contributed by atoms with Crippen molar-refractivity contribution < 1.29 is 0 Å². The number of para-hydroxylation sites is 3. The molecule has 50 heavy (non-hydrogen) atoms. The molecular formula is C47H31N3. The highest BCUT2D eigenvalue weighted by Crippen LogP contribution is 2.42. The third-order valence-electron chi connectivity index (χ3n) is 9.91. The van der Waals surface area contributed by atoms with E-state index in [1.165, 1.54) is 49.2 Å². The molecule has 0 radical (unpaired) electrons. The fourth-order valence-corrected chi connectivity index (χ4v) is 7.63. The molecule has 0 atom stereocenters. The van der Waals surface area contributed by atoms with E-state index in [0.29, 0.717) is 0 Å². The number of fused-ring (bicyclic) bond motifs is 7. The lowest BCUT2D eigenvalue weighted by Crippen LogP contribution is -1.98. The Morgan fingerprint density at radius 2 is 0.720 bits per heavy atom. The van der Waals surface area contributed by atoms with Gasteiger partial charge in [0, 0.05) is 44.0 Å². The maximum Gasteiger partial charge on any atom is 0.0788 e. The van der Waals surface area contributed by atoms with E-state index in [9.17, 15) is 0 Å². The minimum atomic E-state index is 0.950. The van der Waals surface area contributed by atoms with Crippen molar-refractivity contribution in [3.05, 3.63) is 188 Å². The first-order chi connectivity index (χ1) is 24.8. The predicted molar refractivity (Wildman–Crippen MR) is 209 cm³/mol.